The number of hydrogen-bond donors (Lipinski definition) is 0. The number of amidine groups is 1. The van der Waals surface area contributed by atoms with Crippen LogP contribution in [0.2, 0.25) is 0 Å². The second-order valence-corrected chi connectivity index (χ2v) is 15.8. The Kier molecular flexibility index (Phi) is 10.8. The second kappa shape index (κ2) is 15.8. The first-order chi connectivity index (χ1) is 25.4. The Morgan fingerprint density at radius 3 is 1.79 bits per heavy atom. The van der Waals surface area contributed by atoms with Gasteiger partial charge >= 0.3 is 0 Å². The van der Waals surface area contributed by atoms with Crippen molar-refractivity contribution in [2.24, 2.45) is 19.1 Å². The van der Waals surface area contributed by atoms with Crippen molar-refractivity contribution in [3.63, 3.8) is 0 Å². The van der Waals surface area contributed by atoms with Crippen LogP contribution < -0.4 is 9.47 Å². The highest BCUT2D eigenvalue weighted by Crippen LogP contribution is 2.31. The molecule has 0 aliphatic heterocycles. The summed E-state index contributed by atoms with van der Waals surface area (Å²) in [7, 11) is 12.1. The van der Waals surface area contributed by atoms with Crippen molar-refractivity contribution in [2.45, 2.75) is 26.9 Å². The van der Waals surface area contributed by atoms with E-state index in [9.17, 15) is 0 Å². The second-order valence-electron chi connectivity index (χ2n) is 13.1. The van der Waals surface area contributed by atoms with Crippen LogP contribution in [0, 0.1) is 13.8 Å². The van der Waals surface area contributed by atoms with E-state index >= 15 is 0 Å². The van der Waals surface area contributed by atoms with E-state index in [1.54, 1.807) is 0 Å². The van der Waals surface area contributed by atoms with Gasteiger partial charge in [0, 0.05) is 94.8 Å². The Hall–Kier alpha value is -4.92. The van der Waals surface area contributed by atoms with Gasteiger partial charge in [-0.1, -0.05) is 88.3 Å². The van der Waals surface area contributed by atoms with E-state index in [4.69, 9.17) is 0 Å². The lowest BCUT2D eigenvalue weighted by atomic mass is 10.1. The number of rotatable bonds is 12. The predicted molar refractivity (Wildman–Crippen MR) is 229 cm³/mol. The van der Waals surface area contributed by atoms with Crippen LogP contribution in [0.25, 0.3) is 51.1 Å². The number of nitrogens with zero attached hydrogens (tertiary/aromatic N) is 6. The summed E-state index contributed by atoms with van der Waals surface area (Å²) in [5, 5.41) is 2.58. The first-order valence-corrected chi connectivity index (χ1v) is 20.3. The number of para-hydroxylation sites is 5. The molecule has 0 N–H and O–H groups in total. The van der Waals surface area contributed by atoms with Crippen molar-refractivity contribution in [1.82, 2.24) is 13.7 Å². The van der Waals surface area contributed by atoms with E-state index in [1.807, 2.05) is 34.7 Å². The number of aryl methyl sites for hydroxylation is 4. The summed E-state index contributed by atoms with van der Waals surface area (Å²) >= 11 is 0. The van der Waals surface area contributed by atoms with Crippen molar-refractivity contribution >= 4 is 84.2 Å². The molecular formula is C44H47N6S2+. The monoisotopic (exact) mass is 723 g/mol. The smallest absolute Gasteiger partial charge is 0.281 e. The van der Waals surface area contributed by atoms with E-state index in [1.165, 1.54) is 61.2 Å². The molecule has 3 aromatic heterocycles. The number of aromatic nitrogens is 4. The molecule has 0 aliphatic carbocycles. The molecular weight excluding hydrogens is 677 g/mol. The molecule has 6 nitrogen and oxygen atoms in total. The predicted octanol–water partition coefficient (Wildman–Crippen LogP) is 9.96. The fourth-order valence-electron chi connectivity index (χ4n) is 7.45. The lowest BCUT2D eigenvalue weighted by Gasteiger charge is -2.18. The zero-order valence-corrected chi connectivity index (χ0v) is 32.6. The normalized spacial score (nSPS) is 12.5. The van der Waals surface area contributed by atoms with E-state index in [-0.39, 0.29) is 0 Å². The maximum absolute atomic E-state index is 4.59. The average molecular weight is 724 g/mol. The topological polar surface area (TPSA) is 34.3 Å². The minimum absolute atomic E-state index is 0.919. The molecule has 4 aromatic carbocycles. The highest BCUT2D eigenvalue weighted by atomic mass is 33.1. The summed E-state index contributed by atoms with van der Waals surface area (Å²) in [4.78, 5) is 6.72. The fourth-order valence-corrected chi connectivity index (χ4v) is 9.35. The van der Waals surface area contributed by atoms with Gasteiger partial charge in [-0.3, -0.25) is 4.99 Å². The van der Waals surface area contributed by atoms with E-state index < -0.39 is 0 Å². The molecule has 264 valence electrons. The third kappa shape index (κ3) is 6.85. The van der Waals surface area contributed by atoms with Crippen molar-refractivity contribution < 1.29 is 4.57 Å². The van der Waals surface area contributed by atoms with E-state index in [0.29, 0.717) is 0 Å². The third-order valence-corrected chi connectivity index (χ3v) is 12.6. The maximum atomic E-state index is 4.59. The molecule has 8 heteroatoms. The van der Waals surface area contributed by atoms with Crippen LogP contribution in [0.1, 0.15) is 28.3 Å². The average Bonchev–Trinajstić information content (AvgIpc) is 3.71. The third-order valence-electron chi connectivity index (χ3n) is 10.2. The van der Waals surface area contributed by atoms with Crippen LogP contribution >= 0.6 is 21.6 Å². The number of anilines is 1. The van der Waals surface area contributed by atoms with Gasteiger partial charge in [0.25, 0.3) is 5.82 Å². The Bertz CT molecular complexity index is 2400. The number of fused-ring (bicyclic) bond motifs is 3. The van der Waals surface area contributed by atoms with Crippen LogP contribution in [0.3, 0.4) is 0 Å². The molecule has 0 saturated carbocycles. The quantitative estimate of drug-likeness (QED) is 0.0414. The molecule has 0 unspecified atom stereocenters. The first-order valence-electron chi connectivity index (χ1n) is 17.8. The summed E-state index contributed by atoms with van der Waals surface area (Å²) in [6, 6.07) is 36.5. The Morgan fingerprint density at radius 2 is 1.21 bits per heavy atom. The minimum atomic E-state index is 0.919. The Labute approximate surface area is 315 Å². The molecule has 0 aliphatic rings. The molecule has 0 atom stereocenters. The van der Waals surface area contributed by atoms with Crippen molar-refractivity contribution in [3.05, 3.63) is 138 Å². The summed E-state index contributed by atoms with van der Waals surface area (Å²) < 4.78 is 9.51. The SMILES string of the molecule is CN=C(/C=C/c1c(C)n(CCSSCCn2c(C)c(/C=C/c3n(C)c4ccccc4[n+]3C)c3ccccc32)c2ccccc12)N(C)c1ccccc1. The fraction of sp³-hybridized carbons (Fsp3) is 0.227. The molecule has 52 heavy (non-hydrogen) atoms. The Morgan fingerprint density at radius 1 is 0.692 bits per heavy atom. The maximum Gasteiger partial charge on any atom is 0.281 e. The number of hydrogen-bond acceptors (Lipinski definition) is 3. The van der Waals surface area contributed by atoms with Crippen molar-refractivity contribution in [3.8, 4) is 0 Å². The number of imidazole rings is 1. The van der Waals surface area contributed by atoms with Crippen LogP contribution in [0.4, 0.5) is 5.69 Å². The Balaban J connectivity index is 1.01. The highest BCUT2D eigenvalue weighted by molar-refractivity contribution is 8.76. The molecule has 3 heterocycles. The summed E-state index contributed by atoms with van der Waals surface area (Å²) in [6.07, 6.45) is 8.92. The van der Waals surface area contributed by atoms with Gasteiger partial charge in [0.1, 0.15) is 5.84 Å². The summed E-state index contributed by atoms with van der Waals surface area (Å²) in [6.45, 7) is 6.44. The van der Waals surface area contributed by atoms with Crippen LogP contribution in [0.15, 0.2) is 114 Å². The van der Waals surface area contributed by atoms with Gasteiger partial charge in [0.2, 0.25) is 0 Å². The molecule has 0 spiro atoms. The van der Waals surface area contributed by atoms with Gasteiger partial charge in [-0.15, -0.1) is 0 Å². The summed E-state index contributed by atoms with van der Waals surface area (Å²) in [5.74, 6) is 4.17. The molecule has 7 aromatic rings. The minimum Gasteiger partial charge on any atom is -0.343 e. The molecule has 0 saturated heterocycles. The van der Waals surface area contributed by atoms with Crippen molar-refractivity contribution in [2.75, 3.05) is 30.5 Å². The molecule has 0 bridgehead atoms. The van der Waals surface area contributed by atoms with Gasteiger partial charge in [0.15, 0.2) is 11.0 Å². The standard InChI is InChI=1S/C44H47N6S2/c1-32-35(24-26-43(45-3)46(4)34-16-8-7-9-17-34)37-18-10-12-20-39(37)49(32)28-30-51-52-31-29-50-33(2)36(38-19-11-13-21-40(38)50)25-27-44-47(5)41-22-14-15-23-42(41)48(44)6/h7-27H,28-31H2,1-6H3/q+1/b26-24+,45-43?. The van der Waals surface area contributed by atoms with Gasteiger partial charge in [-0.2, -0.15) is 0 Å². The zero-order chi connectivity index (χ0) is 36.2. The zero-order valence-electron chi connectivity index (χ0n) is 31.0. The van der Waals surface area contributed by atoms with Gasteiger partial charge < -0.3 is 14.0 Å². The highest BCUT2D eigenvalue weighted by Gasteiger charge is 2.18. The van der Waals surface area contributed by atoms with Gasteiger partial charge in [0.05, 0.1) is 14.1 Å². The number of likely N-dealkylation sites (N-methyl/N-ethyl adjacent to an activating group) is 1. The lowest BCUT2D eigenvalue weighted by Crippen LogP contribution is -2.30. The first kappa shape index (κ1) is 35.5. The van der Waals surface area contributed by atoms with E-state index in [0.717, 1.165) is 36.1 Å². The summed E-state index contributed by atoms with van der Waals surface area (Å²) in [5.41, 5.74) is 11.3. The molecule has 0 fully saturated rings. The van der Waals surface area contributed by atoms with Crippen LogP contribution in [0.5, 0.6) is 0 Å². The van der Waals surface area contributed by atoms with Crippen molar-refractivity contribution in [1.29, 1.82) is 0 Å². The van der Waals surface area contributed by atoms with E-state index in [2.05, 4.69) is 185 Å². The van der Waals surface area contributed by atoms with Crippen LogP contribution in [-0.4, -0.2) is 45.1 Å². The number of benzene rings is 4. The van der Waals surface area contributed by atoms with Gasteiger partial charge in [-0.25, -0.2) is 9.13 Å². The largest absolute Gasteiger partial charge is 0.343 e. The molecule has 0 radical (unpaired) electrons. The lowest BCUT2D eigenvalue weighted by molar-refractivity contribution is -0.647. The number of aliphatic imine (C=N–C) groups is 1. The molecule has 0 amide bonds. The molecule has 7 rings (SSSR count). The van der Waals surface area contributed by atoms with Gasteiger partial charge in [-0.05, 0) is 68.5 Å². The van der Waals surface area contributed by atoms with Crippen LogP contribution in [-0.2, 0) is 27.2 Å².